The molecule has 9 heteroatoms. The number of hydrogen-bond acceptors (Lipinski definition) is 5. The zero-order valence-electron chi connectivity index (χ0n) is 21.7. The number of nitrogens with zero attached hydrogens (tertiary/aromatic N) is 4. The van der Waals surface area contributed by atoms with Gasteiger partial charge < -0.3 is 15.5 Å². The van der Waals surface area contributed by atoms with Crippen LogP contribution in [0.15, 0.2) is 84.5 Å². The van der Waals surface area contributed by atoms with Gasteiger partial charge in [0.1, 0.15) is 0 Å². The molecule has 1 amide bonds. The van der Waals surface area contributed by atoms with Crippen LogP contribution in [0.4, 0.5) is 5.69 Å². The van der Waals surface area contributed by atoms with Gasteiger partial charge in [0, 0.05) is 53.2 Å². The Hall–Kier alpha value is -4.08. The van der Waals surface area contributed by atoms with Crippen molar-refractivity contribution >= 4 is 51.0 Å². The van der Waals surface area contributed by atoms with Crippen LogP contribution in [-0.4, -0.2) is 37.0 Å². The van der Waals surface area contributed by atoms with Gasteiger partial charge in [-0.1, -0.05) is 42.5 Å². The third-order valence-corrected chi connectivity index (χ3v) is 8.35. The first-order valence-corrected chi connectivity index (χ1v) is 14.1. The molecule has 1 saturated heterocycles. The molecule has 1 fully saturated rings. The molecular weight excluding hydrogens is 525 g/mol. The molecule has 0 aliphatic carbocycles. The Morgan fingerprint density at radius 2 is 1.87 bits per heavy atom. The predicted molar refractivity (Wildman–Crippen MR) is 160 cm³/mol. The Morgan fingerprint density at radius 3 is 2.67 bits per heavy atom. The number of carbonyl (C=O) groups excluding carboxylic acids is 1. The van der Waals surface area contributed by atoms with E-state index < -0.39 is 0 Å². The highest BCUT2D eigenvalue weighted by Gasteiger charge is 2.41. The van der Waals surface area contributed by atoms with Gasteiger partial charge in [-0.2, -0.15) is 0 Å². The minimum atomic E-state index is -0.148. The van der Waals surface area contributed by atoms with Gasteiger partial charge in [0.15, 0.2) is 10.2 Å². The van der Waals surface area contributed by atoms with E-state index in [1.54, 1.807) is 17.5 Å². The van der Waals surface area contributed by atoms with Crippen molar-refractivity contribution in [2.45, 2.75) is 32.4 Å². The highest BCUT2D eigenvalue weighted by molar-refractivity contribution is 7.80. The number of thiazole rings is 1. The summed E-state index contributed by atoms with van der Waals surface area (Å²) in [6.45, 7) is 4.68. The SMILES string of the molecule is Cc1cc([C@H]2[C@@H](c3ccccn3)NC(=S)N2CCC(=O)Nc2cccc3ccccc23)c(C)n1-c1nccs1. The molecule has 2 N–H and O–H groups in total. The maximum absolute atomic E-state index is 13.2. The highest BCUT2D eigenvalue weighted by atomic mass is 32.1. The van der Waals surface area contributed by atoms with E-state index in [1.807, 2.05) is 72.2 Å². The van der Waals surface area contributed by atoms with Gasteiger partial charge in [0.05, 0.1) is 17.8 Å². The molecule has 0 bridgehead atoms. The summed E-state index contributed by atoms with van der Waals surface area (Å²) in [7, 11) is 0. The molecule has 2 atom stereocenters. The fourth-order valence-corrected chi connectivity index (χ4v) is 6.54. The number of aromatic nitrogens is 3. The van der Waals surface area contributed by atoms with E-state index >= 15 is 0 Å². The lowest BCUT2D eigenvalue weighted by Crippen LogP contribution is -2.33. The molecular formula is C30H28N6OS2. The quantitative estimate of drug-likeness (QED) is 0.238. The van der Waals surface area contributed by atoms with E-state index in [4.69, 9.17) is 12.2 Å². The number of fused-ring (bicyclic) bond motifs is 1. The van der Waals surface area contributed by atoms with Crippen LogP contribution in [0.25, 0.3) is 15.9 Å². The number of rotatable bonds is 7. The summed E-state index contributed by atoms with van der Waals surface area (Å²) in [5, 5.41) is 12.3. The molecule has 1 aliphatic rings. The van der Waals surface area contributed by atoms with E-state index in [-0.39, 0.29) is 18.0 Å². The Balaban J connectivity index is 1.30. The number of benzene rings is 2. The zero-order valence-corrected chi connectivity index (χ0v) is 23.3. The average molecular weight is 553 g/mol. The molecule has 39 heavy (non-hydrogen) atoms. The molecule has 0 unspecified atom stereocenters. The number of carbonyl (C=O) groups is 1. The molecule has 6 rings (SSSR count). The van der Waals surface area contributed by atoms with Crippen LogP contribution in [0.5, 0.6) is 0 Å². The second-order valence-electron chi connectivity index (χ2n) is 9.62. The number of hydrogen-bond donors (Lipinski definition) is 2. The molecule has 0 saturated carbocycles. The van der Waals surface area contributed by atoms with Crippen LogP contribution in [0.2, 0.25) is 0 Å². The summed E-state index contributed by atoms with van der Waals surface area (Å²) in [5.41, 5.74) is 5.07. The van der Waals surface area contributed by atoms with Gasteiger partial charge in [-0.05, 0) is 61.3 Å². The van der Waals surface area contributed by atoms with Crippen LogP contribution in [0, 0.1) is 13.8 Å². The molecule has 5 aromatic rings. The van der Waals surface area contributed by atoms with Crippen molar-refractivity contribution in [1.29, 1.82) is 0 Å². The van der Waals surface area contributed by atoms with Gasteiger partial charge in [0.2, 0.25) is 5.91 Å². The average Bonchev–Trinajstić information content (AvgIpc) is 3.66. The summed E-state index contributed by atoms with van der Waals surface area (Å²) in [6.07, 6.45) is 3.92. The molecule has 2 aromatic carbocycles. The van der Waals surface area contributed by atoms with Crippen LogP contribution >= 0.6 is 23.6 Å². The Bertz CT molecular complexity index is 1640. The van der Waals surface area contributed by atoms with Crippen molar-refractivity contribution < 1.29 is 4.79 Å². The minimum absolute atomic E-state index is 0.0533. The van der Waals surface area contributed by atoms with Crippen LogP contribution < -0.4 is 10.6 Å². The van der Waals surface area contributed by atoms with Gasteiger partial charge in [-0.3, -0.25) is 14.3 Å². The van der Waals surface area contributed by atoms with Crippen molar-refractivity contribution in [2.75, 3.05) is 11.9 Å². The lowest BCUT2D eigenvalue weighted by molar-refractivity contribution is -0.116. The van der Waals surface area contributed by atoms with Gasteiger partial charge in [0.25, 0.3) is 0 Å². The minimum Gasteiger partial charge on any atom is -0.352 e. The maximum atomic E-state index is 13.2. The van der Waals surface area contributed by atoms with E-state index in [0.717, 1.165) is 44.2 Å². The first-order chi connectivity index (χ1) is 19.0. The van der Waals surface area contributed by atoms with Crippen molar-refractivity contribution in [1.82, 2.24) is 24.8 Å². The maximum Gasteiger partial charge on any atom is 0.226 e. The number of nitrogens with one attached hydrogen (secondary N) is 2. The lowest BCUT2D eigenvalue weighted by atomic mass is 9.96. The first kappa shape index (κ1) is 25.2. The van der Waals surface area contributed by atoms with Gasteiger partial charge in [-0.25, -0.2) is 4.98 Å². The van der Waals surface area contributed by atoms with Gasteiger partial charge in [-0.15, -0.1) is 11.3 Å². The fourth-order valence-electron chi connectivity index (χ4n) is 5.46. The van der Waals surface area contributed by atoms with E-state index in [9.17, 15) is 4.79 Å². The Kier molecular flexibility index (Phi) is 6.85. The molecule has 3 aromatic heterocycles. The predicted octanol–water partition coefficient (Wildman–Crippen LogP) is 6.10. The van der Waals surface area contributed by atoms with Crippen molar-refractivity contribution in [3.8, 4) is 5.13 Å². The van der Waals surface area contributed by atoms with Crippen LogP contribution in [-0.2, 0) is 4.79 Å². The molecule has 0 radical (unpaired) electrons. The summed E-state index contributed by atoms with van der Waals surface area (Å²) in [4.78, 5) is 24.5. The standard InChI is InChI=1S/C30H28N6OS2/c1-19-18-23(20(2)36(19)30-32-15-17-39-30)28-27(25-11-5-6-14-31-25)34-29(38)35(28)16-13-26(37)33-24-12-7-9-21-8-3-4-10-22(21)24/h3-12,14-15,17-18,27-28H,13,16H2,1-2H3,(H,33,37)(H,34,38)/t27-,28+/m1/s1. The number of amides is 1. The number of anilines is 1. The Morgan fingerprint density at radius 1 is 1.05 bits per heavy atom. The lowest BCUT2D eigenvalue weighted by Gasteiger charge is -2.28. The third kappa shape index (κ3) is 4.79. The molecule has 4 heterocycles. The smallest absolute Gasteiger partial charge is 0.226 e. The van der Waals surface area contributed by atoms with E-state index in [0.29, 0.717) is 18.1 Å². The van der Waals surface area contributed by atoms with Crippen molar-refractivity contribution in [3.63, 3.8) is 0 Å². The molecule has 1 aliphatic heterocycles. The summed E-state index contributed by atoms with van der Waals surface area (Å²) in [5.74, 6) is -0.0533. The molecule has 0 spiro atoms. The summed E-state index contributed by atoms with van der Waals surface area (Å²) < 4.78 is 2.18. The largest absolute Gasteiger partial charge is 0.352 e. The number of pyridine rings is 1. The van der Waals surface area contributed by atoms with Crippen molar-refractivity contribution in [2.24, 2.45) is 0 Å². The fraction of sp³-hybridized carbons (Fsp3) is 0.200. The first-order valence-electron chi connectivity index (χ1n) is 12.9. The molecule has 196 valence electrons. The second-order valence-corrected chi connectivity index (χ2v) is 10.9. The number of aryl methyl sites for hydroxylation is 1. The summed E-state index contributed by atoms with van der Waals surface area (Å²) >= 11 is 7.45. The third-order valence-electron chi connectivity index (χ3n) is 7.24. The highest BCUT2D eigenvalue weighted by Crippen LogP contribution is 2.41. The second kappa shape index (κ2) is 10.6. The van der Waals surface area contributed by atoms with Crippen LogP contribution in [0.3, 0.4) is 0 Å². The monoisotopic (exact) mass is 552 g/mol. The van der Waals surface area contributed by atoms with E-state index in [1.165, 1.54) is 0 Å². The van der Waals surface area contributed by atoms with Crippen molar-refractivity contribution in [3.05, 3.63) is 107 Å². The topological polar surface area (TPSA) is 75.1 Å². The normalized spacial score (nSPS) is 17.0. The Labute approximate surface area is 236 Å². The summed E-state index contributed by atoms with van der Waals surface area (Å²) in [6, 6.07) is 21.8. The molecule has 7 nitrogen and oxygen atoms in total. The van der Waals surface area contributed by atoms with E-state index in [2.05, 4.69) is 50.0 Å². The number of thiocarbonyl (C=S) groups is 1. The zero-order chi connectivity index (χ0) is 26.9. The van der Waals surface area contributed by atoms with Crippen LogP contribution in [0.1, 0.15) is 41.1 Å². The van der Waals surface area contributed by atoms with Gasteiger partial charge >= 0.3 is 0 Å².